The zero-order valence-electron chi connectivity index (χ0n) is 12.6. The molecule has 2 rings (SSSR count). The molecule has 0 saturated heterocycles. The van der Waals surface area contributed by atoms with Gasteiger partial charge in [0.05, 0.1) is 19.4 Å². The fourth-order valence-electron chi connectivity index (χ4n) is 2.25. The van der Waals surface area contributed by atoms with E-state index in [1.165, 1.54) is 11.1 Å². The highest BCUT2D eigenvalue weighted by Crippen LogP contribution is 2.07. The van der Waals surface area contributed by atoms with Crippen molar-refractivity contribution in [1.29, 1.82) is 0 Å². The maximum atomic E-state index is 11.9. The number of nitrogens with zero attached hydrogens (tertiary/aromatic N) is 1. The number of aryl methyl sites for hydroxylation is 1. The first-order valence-electron chi connectivity index (χ1n) is 7.17. The highest BCUT2D eigenvalue weighted by molar-refractivity contribution is 5.77. The average Bonchev–Trinajstić information content (AvgIpc) is 2.93. The summed E-state index contributed by atoms with van der Waals surface area (Å²) in [5, 5.41) is 2.96. The molecule has 0 saturated carbocycles. The van der Waals surface area contributed by atoms with Crippen LogP contribution in [0.5, 0.6) is 0 Å². The third-order valence-corrected chi connectivity index (χ3v) is 3.40. The van der Waals surface area contributed by atoms with Crippen LogP contribution in [0, 0.1) is 6.92 Å². The van der Waals surface area contributed by atoms with Crippen molar-refractivity contribution in [2.45, 2.75) is 19.9 Å². The number of nitrogens with one attached hydrogen (secondary N) is 1. The Hall–Kier alpha value is -2.07. The molecular weight excluding hydrogens is 264 g/mol. The first kappa shape index (κ1) is 15.3. The lowest BCUT2D eigenvalue weighted by Crippen LogP contribution is -2.35. The average molecular weight is 286 g/mol. The molecule has 0 aliphatic heterocycles. The van der Waals surface area contributed by atoms with Crippen molar-refractivity contribution in [2.24, 2.45) is 0 Å². The molecule has 0 unspecified atom stereocenters. The van der Waals surface area contributed by atoms with Crippen molar-refractivity contribution in [1.82, 2.24) is 10.2 Å². The van der Waals surface area contributed by atoms with E-state index in [1.807, 2.05) is 36.2 Å². The summed E-state index contributed by atoms with van der Waals surface area (Å²) in [7, 11) is 1.91. The van der Waals surface area contributed by atoms with Gasteiger partial charge in [0.2, 0.25) is 5.91 Å². The number of likely N-dealkylation sites (N-methyl/N-ethyl adjacent to an activating group) is 1. The quantitative estimate of drug-likeness (QED) is 0.850. The third-order valence-electron chi connectivity index (χ3n) is 3.40. The van der Waals surface area contributed by atoms with Crippen LogP contribution in [0.2, 0.25) is 0 Å². The van der Waals surface area contributed by atoms with Gasteiger partial charge in [-0.05, 0) is 43.7 Å². The van der Waals surface area contributed by atoms with Gasteiger partial charge >= 0.3 is 0 Å². The Labute approximate surface area is 125 Å². The SMILES string of the molecule is Cc1ccccc1CCNC(=O)CN(C)Cc1ccco1. The summed E-state index contributed by atoms with van der Waals surface area (Å²) in [5.74, 6) is 0.905. The molecule has 0 bridgehead atoms. The second-order valence-electron chi connectivity index (χ2n) is 5.28. The monoisotopic (exact) mass is 286 g/mol. The van der Waals surface area contributed by atoms with Crippen LogP contribution in [0.3, 0.4) is 0 Å². The van der Waals surface area contributed by atoms with E-state index in [0.717, 1.165) is 12.2 Å². The standard InChI is InChI=1S/C17H22N2O2/c1-14-6-3-4-7-15(14)9-10-18-17(20)13-19(2)12-16-8-5-11-21-16/h3-8,11H,9-10,12-13H2,1-2H3,(H,18,20). The van der Waals surface area contributed by atoms with Crippen LogP contribution in [0.4, 0.5) is 0 Å². The van der Waals surface area contributed by atoms with E-state index in [9.17, 15) is 4.79 Å². The van der Waals surface area contributed by atoms with Crippen LogP contribution in [0.15, 0.2) is 47.1 Å². The number of hydrogen-bond acceptors (Lipinski definition) is 3. The van der Waals surface area contributed by atoms with Crippen molar-refractivity contribution in [3.63, 3.8) is 0 Å². The van der Waals surface area contributed by atoms with Crippen LogP contribution >= 0.6 is 0 Å². The molecule has 4 nitrogen and oxygen atoms in total. The molecule has 0 spiro atoms. The summed E-state index contributed by atoms with van der Waals surface area (Å²) in [4.78, 5) is 13.8. The van der Waals surface area contributed by atoms with E-state index < -0.39 is 0 Å². The minimum Gasteiger partial charge on any atom is -0.468 e. The molecule has 112 valence electrons. The van der Waals surface area contributed by atoms with Crippen LogP contribution in [0.25, 0.3) is 0 Å². The van der Waals surface area contributed by atoms with Gasteiger partial charge in [-0.15, -0.1) is 0 Å². The number of amides is 1. The Bertz CT molecular complexity index is 564. The molecule has 1 aromatic heterocycles. The second-order valence-corrected chi connectivity index (χ2v) is 5.28. The zero-order chi connectivity index (χ0) is 15.1. The van der Waals surface area contributed by atoms with E-state index >= 15 is 0 Å². The summed E-state index contributed by atoms with van der Waals surface area (Å²) in [5.41, 5.74) is 2.54. The predicted octanol–water partition coefficient (Wildman–Crippen LogP) is 2.38. The van der Waals surface area contributed by atoms with E-state index in [1.54, 1.807) is 6.26 Å². The topological polar surface area (TPSA) is 45.5 Å². The zero-order valence-corrected chi connectivity index (χ0v) is 12.6. The Morgan fingerprint density at radius 3 is 2.76 bits per heavy atom. The maximum absolute atomic E-state index is 11.9. The molecule has 4 heteroatoms. The largest absolute Gasteiger partial charge is 0.468 e. The van der Waals surface area contributed by atoms with Gasteiger partial charge in [0.15, 0.2) is 0 Å². The number of hydrogen-bond donors (Lipinski definition) is 1. The summed E-state index contributed by atoms with van der Waals surface area (Å²) >= 11 is 0. The van der Waals surface area contributed by atoms with Gasteiger partial charge in [-0.1, -0.05) is 24.3 Å². The summed E-state index contributed by atoms with van der Waals surface area (Å²) in [6.45, 7) is 3.76. The minimum atomic E-state index is 0.0395. The molecule has 1 heterocycles. The van der Waals surface area contributed by atoms with Gasteiger partial charge in [-0.3, -0.25) is 9.69 Å². The Balaban J connectivity index is 1.69. The molecule has 0 aliphatic carbocycles. The van der Waals surface area contributed by atoms with E-state index in [0.29, 0.717) is 19.6 Å². The van der Waals surface area contributed by atoms with E-state index in [2.05, 4.69) is 24.4 Å². The van der Waals surface area contributed by atoms with Crippen molar-refractivity contribution in [3.8, 4) is 0 Å². The lowest BCUT2D eigenvalue weighted by atomic mass is 10.1. The lowest BCUT2D eigenvalue weighted by Gasteiger charge is -2.15. The first-order chi connectivity index (χ1) is 10.1. The summed E-state index contributed by atoms with van der Waals surface area (Å²) < 4.78 is 5.26. The molecule has 1 aromatic carbocycles. The van der Waals surface area contributed by atoms with Crippen LogP contribution in [-0.2, 0) is 17.8 Å². The van der Waals surface area contributed by atoms with Crippen LogP contribution in [-0.4, -0.2) is 30.9 Å². The highest BCUT2D eigenvalue weighted by Gasteiger charge is 2.08. The number of carbonyl (C=O) groups excluding carboxylic acids is 1. The Kier molecular flexibility index (Phi) is 5.58. The predicted molar refractivity (Wildman–Crippen MR) is 82.9 cm³/mol. The molecule has 0 radical (unpaired) electrons. The molecular formula is C17H22N2O2. The van der Waals surface area contributed by atoms with Crippen LogP contribution in [0.1, 0.15) is 16.9 Å². The highest BCUT2D eigenvalue weighted by atomic mass is 16.3. The number of benzene rings is 1. The Morgan fingerprint density at radius 1 is 1.24 bits per heavy atom. The van der Waals surface area contributed by atoms with Crippen LogP contribution < -0.4 is 5.32 Å². The third kappa shape index (κ3) is 5.08. The summed E-state index contributed by atoms with van der Waals surface area (Å²) in [6, 6.07) is 12.0. The van der Waals surface area contributed by atoms with Gasteiger partial charge in [0, 0.05) is 6.54 Å². The van der Waals surface area contributed by atoms with Crippen molar-refractivity contribution >= 4 is 5.91 Å². The molecule has 21 heavy (non-hydrogen) atoms. The normalized spacial score (nSPS) is 10.8. The van der Waals surface area contributed by atoms with Crippen molar-refractivity contribution < 1.29 is 9.21 Å². The molecule has 1 N–H and O–H groups in total. The van der Waals surface area contributed by atoms with Crippen molar-refractivity contribution in [2.75, 3.05) is 20.1 Å². The fraction of sp³-hybridized carbons (Fsp3) is 0.353. The number of carbonyl (C=O) groups is 1. The molecule has 0 atom stereocenters. The fourth-order valence-corrected chi connectivity index (χ4v) is 2.25. The van der Waals surface area contributed by atoms with Gasteiger partial charge in [0.1, 0.15) is 5.76 Å². The first-order valence-corrected chi connectivity index (χ1v) is 7.17. The molecule has 1 amide bonds. The van der Waals surface area contributed by atoms with Gasteiger partial charge < -0.3 is 9.73 Å². The molecule has 2 aromatic rings. The minimum absolute atomic E-state index is 0.0395. The van der Waals surface area contributed by atoms with Gasteiger partial charge in [-0.25, -0.2) is 0 Å². The number of rotatable bonds is 7. The van der Waals surface area contributed by atoms with Crippen molar-refractivity contribution in [3.05, 3.63) is 59.5 Å². The van der Waals surface area contributed by atoms with Gasteiger partial charge in [0.25, 0.3) is 0 Å². The summed E-state index contributed by atoms with van der Waals surface area (Å²) in [6.07, 6.45) is 2.51. The van der Waals surface area contributed by atoms with E-state index in [-0.39, 0.29) is 5.91 Å². The lowest BCUT2D eigenvalue weighted by molar-refractivity contribution is -0.122. The van der Waals surface area contributed by atoms with E-state index in [4.69, 9.17) is 4.42 Å². The number of furan rings is 1. The Morgan fingerprint density at radius 2 is 2.05 bits per heavy atom. The smallest absolute Gasteiger partial charge is 0.234 e. The van der Waals surface area contributed by atoms with Gasteiger partial charge in [-0.2, -0.15) is 0 Å². The maximum Gasteiger partial charge on any atom is 0.234 e. The molecule has 0 fully saturated rings. The molecule has 0 aliphatic rings. The second kappa shape index (κ2) is 7.64.